The van der Waals surface area contributed by atoms with Crippen molar-refractivity contribution in [1.29, 1.82) is 0 Å². The zero-order valence-electron chi connectivity index (χ0n) is 12.1. The van der Waals surface area contributed by atoms with Crippen LogP contribution in [0.25, 0.3) is 11.3 Å². The summed E-state index contributed by atoms with van der Waals surface area (Å²) >= 11 is 0. The number of aromatic nitrogens is 2. The highest BCUT2D eigenvalue weighted by Gasteiger charge is 2.17. The molecule has 108 valence electrons. The topological polar surface area (TPSA) is 82.4 Å². The molecule has 0 bridgehead atoms. The number of ether oxygens (including phenoxy) is 3. The molecule has 0 amide bonds. The summed E-state index contributed by atoms with van der Waals surface area (Å²) in [6.07, 6.45) is 0.786. The van der Waals surface area contributed by atoms with Gasteiger partial charge in [0.15, 0.2) is 11.5 Å². The highest BCUT2D eigenvalue weighted by molar-refractivity contribution is 5.73. The van der Waals surface area contributed by atoms with E-state index in [-0.39, 0.29) is 0 Å². The number of rotatable bonds is 5. The number of nitrogens with zero attached hydrogens (tertiary/aromatic N) is 1. The van der Waals surface area contributed by atoms with Gasteiger partial charge < -0.3 is 19.9 Å². The van der Waals surface area contributed by atoms with Gasteiger partial charge in [0.25, 0.3) is 0 Å². The average Bonchev–Trinajstić information content (AvgIpc) is 2.86. The molecule has 1 aromatic carbocycles. The molecule has 0 spiro atoms. The van der Waals surface area contributed by atoms with E-state index >= 15 is 0 Å². The van der Waals surface area contributed by atoms with E-state index in [1.807, 2.05) is 19.1 Å². The SMILES string of the molecule is CCc1c(N)n[nH]c1-c1cc(OC)c(OC)c(OC)c1. The lowest BCUT2D eigenvalue weighted by Crippen LogP contribution is -1.97. The van der Waals surface area contributed by atoms with Gasteiger partial charge >= 0.3 is 0 Å². The first kappa shape index (κ1) is 14.0. The number of methoxy groups -OCH3 is 3. The van der Waals surface area contributed by atoms with Crippen LogP contribution >= 0.6 is 0 Å². The van der Waals surface area contributed by atoms with Crippen molar-refractivity contribution in [2.75, 3.05) is 27.1 Å². The fourth-order valence-electron chi connectivity index (χ4n) is 2.20. The quantitative estimate of drug-likeness (QED) is 0.876. The molecule has 0 atom stereocenters. The molecular weight excluding hydrogens is 258 g/mol. The summed E-state index contributed by atoms with van der Waals surface area (Å²) in [5, 5.41) is 7.01. The van der Waals surface area contributed by atoms with E-state index in [9.17, 15) is 0 Å². The third-order valence-electron chi connectivity index (χ3n) is 3.21. The summed E-state index contributed by atoms with van der Waals surface area (Å²) in [4.78, 5) is 0. The van der Waals surface area contributed by atoms with E-state index in [1.165, 1.54) is 0 Å². The highest BCUT2D eigenvalue weighted by Crippen LogP contribution is 2.41. The summed E-state index contributed by atoms with van der Waals surface area (Å²) in [6, 6.07) is 3.74. The van der Waals surface area contributed by atoms with Gasteiger partial charge in [-0.15, -0.1) is 0 Å². The average molecular weight is 277 g/mol. The number of benzene rings is 1. The number of anilines is 1. The molecule has 1 aromatic heterocycles. The largest absolute Gasteiger partial charge is 0.493 e. The van der Waals surface area contributed by atoms with Crippen molar-refractivity contribution in [2.45, 2.75) is 13.3 Å². The van der Waals surface area contributed by atoms with Gasteiger partial charge in [-0.25, -0.2) is 0 Å². The Bertz CT molecular complexity index is 583. The first-order valence-electron chi connectivity index (χ1n) is 6.29. The van der Waals surface area contributed by atoms with Gasteiger partial charge in [-0.3, -0.25) is 5.10 Å². The Morgan fingerprint density at radius 1 is 1.10 bits per heavy atom. The Balaban J connectivity index is 2.62. The summed E-state index contributed by atoms with van der Waals surface area (Å²) < 4.78 is 16.0. The fraction of sp³-hybridized carbons (Fsp3) is 0.357. The second-order valence-electron chi connectivity index (χ2n) is 4.23. The van der Waals surface area contributed by atoms with Gasteiger partial charge in [-0.2, -0.15) is 5.10 Å². The van der Waals surface area contributed by atoms with Crippen LogP contribution in [-0.4, -0.2) is 31.5 Å². The molecule has 0 aliphatic heterocycles. The molecule has 2 aromatic rings. The van der Waals surface area contributed by atoms with E-state index < -0.39 is 0 Å². The van der Waals surface area contributed by atoms with E-state index in [0.717, 1.165) is 23.2 Å². The molecule has 0 aliphatic carbocycles. The molecule has 0 saturated heterocycles. The van der Waals surface area contributed by atoms with Crippen LogP contribution in [0, 0.1) is 0 Å². The summed E-state index contributed by atoms with van der Waals surface area (Å²) in [7, 11) is 4.75. The van der Waals surface area contributed by atoms with Gasteiger partial charge in [0.1, 0.15) is 5.82 Å². The highest BCUT2D eigenvalue weighted by atomic mass is 16.5. The normalized spacial score (nSPS) is 10.4. The minimum absolute atomic E-state index is 0.510. The van der Waals surface area contributed by atoms with Crippen LogP contribution in [0.1, 0.15) is 12.5 Å². The number of hydrogen-bond donors (Lipinski definition) is 2. The predicted octanol–water partition coefficient (Wildman–Crippen LogP) is 2.25. The van der Waals surface area contributed by atoms with Crippen LogP contribution in [0.15, 0.2) is 12.1 Å². The van der Waals surface area contributed by atoms with Crippen molar-refractivity contribution >= 4 is 5.82 Å². The Morgan fingerprint density at radius 3 is 2.15 bits per heavy atom. The lowest BCUT2D eigenvalue weighted by atomic mass is 10.0. The van der Waals surface area contributed by atoms with Crippen molar-refractivity contribution < 1.29 is 14.2 Å². The van der Waals surface area contributed by atoms with Crippen molar-refractivity contribution in [3.8, 4) is 28.5 Å². The second-order valence-corrected chi connectivity index (χ2v) is 4.23. The van der Waals surface area contributed by atoms with Crippen LogP contribution in [-0.2, 0) is 6.42 Å². The lowest BCUT2D eigenvalue weighted by molar-refractivity contribution is 0.324. The van der Waals surface area contributed by atoms with Gasteiger partial charge in [0.05, 0.1) is 27.0 Å². The number of nitrogen functional groups attached to an aromatic ring is 1. The minimum atomic E-state index is 0.510. The third kappa shape index (κ3) is 2.24. The van der Waals surface area contributed by atoms with Crippen LogP contribution < -0.4 is 19.9 Å². The molecule has 0 unspecified atom stereocenters. The number of nitrogens with one attached hydrogen (secondary N) is 1. The maximum absolute atomic E-state index is 5.86. The number of nitrogens with two attached hydrogens (primary N) is 1. The van der Waals surface area contributed by atoms with Crippen LogP contribution in [0.3, 0.4) is 0 Å². The molecule has 0 fully saturated rings. The monoisotopic (exact) mass is 277 g/mol. The lowest BCUT2D eigenvalue weighted by Gasteiger charge is -2.14. The molecule has 6 heteroatoms. The first-order chi connectivity index (χ1) is 9.65. The van der Waals surface area contributed by atoms with Gasteiger partial charge in [0, 0.05) is 11.1 Å². The van der Waals surface area contributed by atoms with E-state index in [1.54, 1.807) is 21.3 Å². The number of aromatic amines is 1. The summed E-state index contributed by atoms with van der Waals surface area (Å²) in [5.41, 5.74) is 8.58. The number of H-pyrrole nitrogens is 1. The molecule has 6 nitrogen and oxygen atoms in total. The maximum Gasteiger partial charge on any atom is 0.203 e. The van der Waals surface area contributed by atoms with Gasteiger partial charge in [-0.1, -0.05) is 6.92 Å². The number of hydrogen-bond acceptors (Lipinski definition) is 5. The van der Waals surface area contributed by atoms with Gasteiger partial charge in [0.2, 0.25) is 5.75 Å². The Labute approximate surface area is 117 Å². The van der Waals surface area contributed by atoms with E-state index in [0.29, 0.717) is 23.1 Å². The van der Waals surface area contributed by atoms with Crippen LogP contribution in [0.5, 0.6) is 17.2 Å². The Hall–Kier alpha value is -2.37. The molecular formula is C14H19N3O3. The second kappa shape index (κ2) is 5.73. The van der Waals surface area contributed by atoms with Crippen molar-refractivity contribution in [3.63, 3.8) is 0 Å². The third-order valence-corrected chi connectivity index (χ3v) is 3.21. The molecule has 20 heavy (non-hydrogen) atoms. The van der Waals surface area contributed by atoms with Crippen molar-refractivity contribution in [2.24, 2.45) is 0 Å². The van der Waals surface area contributed by atoms with E-state index in [4.69, 9.17) is 19.9 Å². The van der Waals surface area contributed by atoms with Crippen molar-refractivity contribution in [1.82, 2.24) is 10.2 Å². The zero-order valence-corrected chi connectivity index (χ0v) is 12.1. The first-order valence-corrected chi connectivity index (χ1v) is 6.29. The summed E-state index contributed by atoms with van der Waals surface area (Å²) in [6.45, 7) is 2.03. The molecule has 1 heterocycles. The summed E-state index contributed by atoms with van der Waals surface area (Å²) in [5.74, 6) is 2.26. The Kier molecular flexibility index (Phi) is 4.02. The molecule has 2 rings (SSSR count). The van der Waals surface area contributed by atoms with Crippen LogP contribution in [0.4, 0.5) is 5.82 Å². The fourth-order valence-corrected chi connectivity index (χ4v) is 2.20. The molecule has 0 saturated carbocycles. The zero-order chi connectivity index (χ0) is 14.7. The smallest absolute Gasteiger partial charge is 0.203 e. The van der Waals surface area contributed by atoms with Gasteiger partial charge in [-0.05, 0) is 18.6 Å². The Morgan fingerprint density at radius 2 is 1.70 bits per heavy atom. The van der Waals surface area contributed by atoms with Crippen LogP contribution in [0.2, 0.25) is 0 Å². The maximum atomic E-state index is 5.86. The molecule has 0 aliphatic rings. The molecule has 3 N–H and O–H groups in total. The van der Waals surface area contributed by atoms with E-state index in [2.05, 4.69) is 10.2 Å². The molecule has 0 radical (unpaired) electrons. The standard InChI is InChI=1S/C14H19N3O3/c1-5-9-12(16-17-14(9)15)8-6-10(18-2)13(20-4)11(7-8)19-3/h6-7H,5H2,1-4H3,(H3,15,16,17). The van der Waals surface area contributed by atoms with Crippen molar-refractivity contribution in [3.05, 3.63) is 17.7 Å². The minimum Gasteiger partial charge on any atom is -0.493 e. The predicted molar refractivity (Wildman–Crippen MR) is 77.5 cm³/mol.